The summed E-state index contributed by atoms with van der Waals surface area (Å²) in [6, 6.07) is 6.12. The van der Waals surface area contributed by atoms with Crippen LogP contribution in [0.3, 0.4) is 0 Å². The van der Waals surface area contributed by atoms with Crippen molar-refractivity contribution < 1.29 is 15.0 Å². The Kier molecular flexibility index (Phi) is 4.47. The molecule has 1 aromatic rings. The van der Waals surface area contributed by atoms with Crippen molar-refractivity contribution in [3.8, 4) is 0 Å². The van der Waals surface area contributed by atoms with Crippen molar-refractivity contribution in [1.82, 2.24) is 4.90 Å². The molecule has 2 aliphatic rings. The minimum absolute atomic E-state index is 0.0916. The number of nitrogens with zero attached hydrogens (tertiary/aromatic N) is 1. The molecule has 22 heavy (non-hydrogen) atoms. The van der Waals surface area contributed by atoms with E-state index < -0.39 is 5.54 Å². The van der Waals surface area contributed by atoms with Gasteiger partial charge in [0.1, 0.15) is 0 Å². The summed E-state index contributed by atoms with van der Waals surface area (Å²) in [4.78, 5) is 14.2. The highest BCUT2D eigenvalue weighted by Crippen LogP contribution is 2.28. The van der Waals surface area contributed by atoms with Gasteiger partial charge in [0.2, 0.25) is 5.91 Å². The lowest BCUT2D eigenvalue weighted by Gasteiger charge is -2.34. The van der Waals surface area contributed by atoms with E-state index in [-0.39, 0.29) is 25.7 Å². The second kappa shape index (κ2) is 6.36. The molecular weight excluding hydrogens is 280 g/mol. The number of hydrogen-bond acceptors (Lipinski definition) is 4. The number of nitrogens with one attached hydrogen (secondary N) is 1. The van der Waals surface area contributed by atoms with Crippen molar-refractivity contribution >= 4 is 11.6 Å². The first kappa shape index (κ1) is 15.5. The molecule has 120 valence electrons. The largest absolute Gasteiger partial charge is 0.394 e. The maximum Gasteiger partial charge on any atom is 0.238 e. The van der Waals surface area contributed by atoms with Crippen LogP contribution in [0.4, 0.5) is 5.69 Å². The first-order valence-corrected chi connectivity index (χ1v) is 8.05. The van der Waals surface area contributed by atoms with E-state index in [4.69, 9.17) is 0 Å². The number of benzene rings is 1. The molecule has 1 amide bonds. The molecule has 0 bridgehead atoms. The second-order valence-corrected chi connectivity index (χ2v) is 6.45. The second-order valence-electron chi connectivity index (χ2n) is 6.45. The summed E-state index contributed by atoms with van der Waals surface area (Å²) in [5, 5.41) is 22.1. The van der Waals surface area contributed by atoms with Crippen LogP contribution in [0.2, 0.25) is 0 Å². The van der Waals surface area contributed by atoms with Gasteiger partial charge in [0, 0.05) is 5.69 Å². The third-order valence-corrected chi connectivity index (χ3v) is 5.05. The number of hydrogen-bond donors (Lipinski definition) is 3. The van der Waals surface area contributed by atoms with Crippen LogP contribution >= 0.6 is 0 Å². The Bertz CT molecular complexity index is 555. The van der Waals surface area contributed by atoms with Gasteiger partial charge in [0.25, 0.3) is 0 Å². The smallest absolute Gasteiger partial charge is 0.238 e. The van der Waals surface area contributed by atoms with Crippen LogP contribution in [0, 0.1) is 0 Å². The van der Waals surface area contributed by atoms with E-state index in [1.165, 1.54) is 17.5 Å². The number of carbonyl (C=O) groups is 1. The third kappa shape index (κ3) is 2.89. The Morgan fingerprint density at radius 3 is 2.73 bits per heavy atom. The molecule has 5 nitrogen and oxygen atoms in total. The Balaban J connectivity index is 1.63. The lowest BCUT2D eigenvalue weighted by Crippen LogP contribution is -2.52. The fraction of sp³-hybridized carbons (Fsp3) is 0.588. The standard InChI is InChI=1S/C17H24N2O3/c20-11-17(12-21)7-2-8-19(17)10-16(22)18-15-6-5-13-3-1-4-14(13)9-15/h5-6,9,20-21H,1-4,7-8,10-12H2,(H,18,22). The highest BCUT2D eigenvalue weighted by Gasteiger charge is 2.40. The first-order valence-electron chi connectivity index (χ1n) is 8.05. The molecule has 3 rings (SSSR count). The zero-order valence-electron chi connectivity index (χ0n) is 12.8. The Hall–Kier alpha value is -1.43. The first-order chi connectivity index (χ1) is 10.7. The molecule has 1 fully saturated rings. The van der Waals surface area contributed by atoms with Crippen molar-refractivity contribution in [3.63, 3.8) is 0 Å². The molecule has 0 spiro atoms. The van der Waals surface area contributed by atoms with E-state index in [9.17, 15) is 15.0 Å². The molecule has 1 aliphatic heterocycles. The minimum Gasteiger partial charge on any atom is -0.394 e. The van der Waals surface area contributed by atoms with Crippen molar-refractivity contribution in [1.29, 1.82) is 0 Å². The summed E-state index contributed by atoms with van der Waals surface area (Å²) >= 11 is 0. The molecule has 1 aromatic carbocycles. The predicted octanol–water partition coefficient (Wildman–Crippen LogP) is 0.933. The van der Waals surface area contributed by atoms with Crippen LogP contribution in [0.1, 0.15) is 30.4 Å². The molecule has 5 heteroatoms. The van der Waals surface area contributed by atoms with E-state index in [1.807, 2.05) is 11.0 Å². The maximum atomic E-state index is 12.3. The Morgan fingerprint density at radius 1 is 1.18 bits per heavy atom. The molecule has 3 N–H and O–H groups in total. The topological polar surface area (TPSA) is 72.8 Å². The van der Waals surface area contributed by atoms with Gasteiger partial charge in [-0.25, -0.2) is 0 Å². The fourth-order valence-electron chi connectivity index (χ4n) is 3.67. The van der Waals surface area contributed by atoms with E-state index in [0.717, 1.165) is 37.9 Å². The van der Waals surface area contributed by atoms with E-state index in [0.29, 0.717) is 0 Å². The number of aliphatic hydroxyl groups excluding tert-OH is 2. The quantitative estimate of drug-likeness (QED) is 0.757. The van der Waals surface area contributed by atoms with Crippen molar-refractivity contribution in [2.45, 2.75) is 37.6 Å². The van der Waals surface area contributed by atoms with Gasteiger partial charge in [0.15, 0.2) is 0 Å². The van der Waals surface area contributed by atoms with Gasteiger partial charge in [0.05, 0.1) is 25.3 Å². The number of amides is 1. The van der Waals surface area contributed by atoms with E-state index in [1.54, 1.807) is 0 Å². The minimum atomic E-state index is -0.644. The summed E-state index contributed by atoms with van der Waals surface area (Å²) in [6.45, 7) is 0.710. The molecule has 1 saturated heterocycles. The molecular formula is C17H24N2O3. The van der Waals surface area contributed by atoms with Crippen molar-refractivity contribution in [2.75, 3.05) is 31.6 Å². The lowest BCUT2D eigenvalue weighted by molar-refractivity contribution is -0.119. The number of likely N-dealkylation sites (tertiary alicyclic amines) is 1. The van der Waals surface area contributed by atoms with Crippen LogP contribution in [-0.4, -0.2) is 52.9 Å². The summed E-state index contributed by atoms with van der Waals surface area (Å²) in [5.74, 6) is -0.0916. The summed E-state index contributed by atoms with van der Waals surface area (Å²) in [7, 11) is 0. The summed E-state index contributed by atoms with van der Waals surface area (Å²) in [6.07, 6.45) is 5.03. The van der Waals surface area contributed by atoms with Crippen molar-refractivity contribution in [2.24, 2.45) is 0 Å². The summed E-state index contributed by atoms with van der Waals surface area (Å²) in [5.41, 5.74) is 2.91. The molecule has 1 aliphatic carbocycles. The highest BCUT2D eigenvalue weighted by molar-refractivity contribution is 5.92. The number of aliphatic hydroxyl groups is 2. The average molecular weight is 304 g/mol. The van der Waals surface area contributed by atoms with Crippen LogP contribution in [0.5, 0.6) is 0 Å². The number of fused-ring (bicyclic) bond motifs is 1. The van der Waals surface area contributed by atoms with Gasteiger partial charge >= 0.3 is 0 Å². The van der Waals surface area contributed by atoms with Gasteiger partial charge in [-0.2, -0.15) is 0 Å². The van der Waals surface area contributed by atoms with Crippen molar-refractivity contribution in [3.05, 3.63) is 29.3 Å². The van der Waals surface area contributed by atoms with Gasteiger partial charge in [-0.1, -0.05) is 6.07 Å². The molecule has 1 heterocycles. The maximum absolute atomic E-state index is 12.3. The molecule has 0 unspecified atom stereocenters. The lowest BCUT2D eigenvalue weighted by atomic mass is 9.98. The highest BCUT2D eigenvalue weighted by atomic mass is 16.3. The van der Waals surface area contributed by atoms with Crippen LogP contribution in [-0.2, 0) is 17.6 Å². The van der Waals surface area contributed by atoms with Crippen LogP contribution < -0.4 is 5.32 Å². The van der Waals surface area contributed by atoms with Crippen LogP contribution in [0.25, 0.3) is 0 Å². The van der Waals surface area contributed by atoms with Gasteiger partial charge in [-0.05, 0) is 61.9 Å². The number of aryl methyl sites for hydroxylation is 2. The Labute approximate surface area is 130 Å². The Morgan fingerprint density at radius 2 is 1.95 bits per heavy atom. The van der Waals surface area contributed by atoms with Crippen LogP contribution in [0.15, 0.2) is 18.2 Å². The zero-order chi connectivity index (χ0) is 15.6. The van der Waals surface area contributed by atoms with E-state index in [2.05, 4.69) is 17.4 Å². The van der Waals surface area contributed by atoms with Gasteiger partial charge < -0.3 is 15.5 Å². The third-order valence-electron chi connectivity index (χ3n) is 5.05. The van der Waals surface area contributed by atoms with Gasteiger partial charge in [-0.15, -0.1) is 0 Å². The monoisotopic (exact) mass is 304 g/mol. The molecule has 0 aromatic heterocycles. The number of carbonyl (C=O) groups excluding carboxylic acids is 1. The number of rotatable bonds is 5. The molecule has 0 atom stereocenters. The predicted molar refractivity (Wildman–Crippen MR) is 84.8 cm³/mol. The van der Waals surface area contributed by atoms with Gasteiger partial charge in [-0.3, -0.25) is 9.69 Å². The summed E-state index contributed by atoms with van der Waals surface area (Å²) < 4.78 is 0. The fourth-order valence-corrected chi connectivity index (χ4v) is 3.67. The zero-order valence-corrected chi connectivity index (χ0v) is 12.8. The van der Waals surface area contributed by atoms with E-state index >= 15 is 0 Å². The molecule has 0 saturated carbocycles. The number of anilines is 1. The average Bonchev–Trinajstić information content (AvgIpc) is 3.13. The SMILES string of the molecule is O=C(CN1CCCC1(CO)CO)Nc1ccc2c(c1)CCC2. The molecule has 0 radical (unpaired) electrons. The normalized spacial score (nSPS) is 20.1.